The summed E-state index contributed by atoms with van der Waals surface area (Å²) in [5.41, 5.74) is 6.29. The lowest BCUT2D eigenvalue weighted by Gasteiger charge is -2.05. The van der Waals surface area contributed by atoms with Gasteiger partial charge in [0.2, 0.25) is 10.0 Å². The average molecular weight is 221 g/mol. The van der Waals surface area contributed by atoms with E-state index in [1.165, 1.54) is 12.1 Å². The average Bonchev–Trinajstić information content (AvgIpc) is 1.94. The molecule has 0 amide bonds. The maximum atomic E-state index is 11.0. The van der Waals surface area contributed by atoms with Crippen molar-refractivity contribution in [2.24, 2.45) is 5.14 Å². The number of halogens is 1. The molecule has 0 saturated heterocycles. The third kappa shape index (κ3) is 2.12. The molecule has 0 unspecified atom stereocenters. The minimum absolute atomic E-state index is 0.115. The summed E-state index contributed by atoms with van der Waals surface area (Å²) in [7, 11) is -3.78. The summed E-state index contributed by atoms with van der Waals surface area (Å²) in [6.07, 6.45) is 0. The van der Waals surface area contributed by atoms with E-state index in [4.69, 9.17) is 22.5 Å². The Hall–Kier alpha value is -0.780. The van der Waals surface area contributed by atoms with Crippen LogP contribution in [-0.2, 0) is 10.0 Å². The second-order valence-electron chi connectivity index (χ2n) is 2.68. The Kier molecular flexibility index (Phi) is 2.51. The van der Waals surface area contributed by atoms with Crippen LogP contribution < -0.4 is 10.9 Å². The summed E-state index contributed by atoms with van der Waals surface area (Å²) < 4.78 is 21.9. The third-order valence-corrected chi connectivity index (χ3v) is 2.97. The Bertz CT molecular complexity index is 442. The van der Waals surface area contributed by atoms with Gasteiger partial charge in [0.25, 0.3) is 0 Å². The number of benzene rings is 1. The van der Waals surface area contributed by atoms with Gasteiger partial charge in [0.05, 0.1) is 5.69 Å². The maximum Gasteiger partial charge on any atom is 0.240 e. The molecule has 0 bridgehead atoms. The molecule has 0 aromatic heterocycles. The molecule has 6 heteroatoms. The van der Waals surface area contributed by atoms with Gasteiger partial charge < -0.3 is 5.73 Å². The first-order chi connectivity index (χ1) is 5.82. The van der Waals surface area contributed by atoms with Crippen molar-refractivity contribution >= 4 is 27.3 Å². The quantitative estimate of drug-likeness (QED) is 0.689. The molecule has 0 aliphatic rings. The number of aryl methyl sites for hydroxylation is 1. The number of anilines is 1. The van der Waals surface area contributed by atoms with E-state index in [1.807, 2.05) is 0 Å². The van der Waals surface area contributed by atoms with Crippen LogP contribution >= 0.6 is 11.6 Å². The summed E-state index contributed by atoms with van der Waals surface area (Å²) in [6.45, 7) is 1.73. The highest BCUT2D eigenvalue weighted by molar-refractivity contribution is 7.89. The van der Waals surface area contributed by atoms with Gasteiger partial charge >= 0.3 is 0 Å². The van der Waals surface area contributed by atoms with E-state index in [2.05, 4.69) is 0 Å². The molecule has 4 N–H and O–H groups in total. The second kappa shape index (κ2) is 3.17. The fourth-order valence-electron chi connectivity index (χ4n) is 0.932. The molecule has 0 saturated carbocycles. The van der Waals surface area contributed by atoms with Gasteiger partial charge in [0.15, 0.2) is 0 Å². The highest BCUT2D eigenvalue weighted by Gasteiger charge is 2.13. The Morgan fingerprint density at radius 1 is 1.38 bits per heavy atom. The van der Waals surface area contributed by atoms with Crippen molar-refractivity contribution in [2.75, 3.05) is 5.73 Å². The normalized spacial score (nSPS) is 11.6. The molecule has 4 nitrogen and oxygen atoms in total. The number of nitrogens with two attached hydrogens (primary N) is 2. The summed E-state index contributed by atoms with van der Waals surface area (Å²) in [4.78, 5) is -0.136. The molecule has 0 aliphatic heterocycles. The molecule has 1 aromatic carbocycles. The predicted octanol–water partition coefficient (Wildman–Crippen LogP) is 0.878. The molecule has 72 valence electrons. The van der Waals surface area contributed by atoms with E-state index in [0.717, 1.165) is 0 Å². The summed E-state index contributed by atoms with van der Waals surface area (Å²) in [5, 5.41) is 5.24. The summed E-state index contributed by atoms with van der Waals surface area (Å²) in [6, 6.07) is 2.73. The van der Waals surface area contributed by atoms with Crippen molar-refractivity contribution in [3.05, 3.63) is 22.7 Å². The zero-order chi connectivity index (χ0) is 10.2. The standard InChI is InChI=1S/C7H9ClN2O2S/c1-4-2-6(9)7(3-5(4)8)13(10,11)12/h2-3H,9H2,1H3,(H2,10,11,12). The summed E-state index contributed by atoms with van der Waals surface area (Å²) >= 11 is 5.72. The van der Waals surface area contributed by atoms with E-state index in [0.29, 0.717) is 10.6 Å². The van der Waals surface area contributed by atoms with E-state index >= 15 is 0 Å². The van der Waals surface area contributed by atoms with Crippen LogP contribution in [0.15, 0.2) is 17.0 Å². The van der Waals surface area contributed by atoms with Gasteiger partial charge in [-0.05, 0) is 24.6 Å². The number of rotatable bonds is 1. The van der Waals surface area contributed by atoms with Crippen LogP contribution in [0, 0.1) is 6.92 Å². The van der Waals surface area contributed by atoms with Crippen LogP contribution in [0.25, 0.3) is 0 Å². The van der Waals surface area contributed by atoms with Gasteiger partial charge in [-0.3, -0.25) is 0 Å². The Balaban J connectivity index is 3.50. The van der Waals surface area contributed by atoms with Gasteiger partial charge in [0.1, 0.15) is 4.90 Å². The van der Waals surface area contributed by atoms with Crippen molar-refractivity contribution in [1.29, 1.82) is 0 Å². The highest BCUT2D eigenvalue weighted by atomic mass is 35.5. The molecule has 0 fully saturated rings. The Morgan fingerprint density at radius 3 is 2.38 bits per heavy atom. The molecule has 0 radical (unpaired) electrons. The van der Waals surface area contributed by atoms with Crippen LogP contribution in [0.5, 0.6) is 0 Å². The van der Waals surface area contributed by atoms with Crippen LogP contribution in [0.4, 0.5) is 5.69 Å². The number of hydrogen-bond acceptors (Lipinski definition) is 3. The molecule has 0 atom stereocenters. The minimum Gasteiger partial charge on any atom is -0.398 e. The number of hydrogen-bond donors (Lipinski definition) is 2. The largest absolute Gasteiger partial charge is 0.398 e. The van der Waals surface area contributed by atoms with Crippen LogP contribution in [0.2, 0.25) is 5.02 Å². The van der Waals surface area contributed by atoms with E-state index < -0.39 is 10.0 Å². The first-order valence-electron chi connectivity index (χ1n) is 3.41. The van der Waals surface area contributed by atoms with E-state index in [9.17, 15) is 8.42 Å². The van der Waals surface area contributed by atoms with Crippen LogP contribution in [0.3, 0.4) is 0 Å². The molecule has 1 aromatic rings. The topological polar surface area (TPSA) is 86.2 Å². The highest BCUT2D eigenvalue weighted by Crippen LogP contribution is 2.25. The van der Waals surface area contributed by atoms with Crippen LogP contribution in [0.1, 0.15) is 5.56 Å². The van der Waals surface area contributed by atoms with Gasteiger partial charge in [-0.2, -0.15) is 0 Å². The molecule has 1 rings (SSSR count). The number of primary sulfonamides is 1. The van der Waals surface area contributed by atoms with Crippen molar-refractivity contribution < 1.29 is 8.42 Å². The van der Waals surface area contributed by atoms with E-state index in [-0.39, 0.29) is 10.6 Å². The Labute approximate surface area is 81.5 Å². The SMILES string of the molecule is Cc1cc(N)c(S(N)(=O)=O)cc1Cl. The molecular formula is C7H9ClN2O2S. The smallest absolute Gasteiger partial charge is 0.240 e. The molecule has 0 aliphatic carbocycles. The van der Waals surface area contributed by atoms with Gasteiger partial charge in [-0.1, -0.05) is 11.6 Å². The van der Waals surface area contributed by atoms with Crippen molar-refractivity contribution in [1.82, 2.24) is 0 Å². The van der Waals surface area contributed by atoms with Crippen molar-refractivity contribution in [2.45, 2.75) is 11.8 Å². The Morgan fingerprint density at radius 2 is 1.92 bits per heavy atom. The van der Waals surface area contributed by atoms with Crippen molar-refractivity contribution in [3.63, 3.8) is 0 Å². The summed E-state index contributed by atoms with van der Waals surface area (Å²) in [5.74, 6) is 0. The second-order valence-corrected chi connectivity index (χ2v) is 4.62. The lowest BCUT2D eigenvalue weighted by molar-refractivity contribution is 0.598. The fraction of sp³-hybridized carbons (Fsp3) is 0.143. The van der Waals surface area contributed by atoms with E-state index in [1.54, 1.807) is 6.92 Å². The third-order valence-electron chi connectivity index (χ3n) is 1.60. The molecule has 0 spiro atoms. The predicted molar refractivity (Wildman–Crippen MR) is 52.0 cm³/mol. The zero-order valence-corrected chi connectivity index (χ0v) is 8.48. The van der Waals surface area contributed by atoms with Crippen LogP contribution in [-0.4, -0.2) is 8.42 Å². The minimum atomic E-state index is -3.78. The number of sulfonamides is 1. The lowest BCUT2D eigenvalue weighted by atomic mass is 10.2. The van der Waals surface area contributed by atoms with Gasteiger partial charge in [-0.25, -0.2) is 13.6 Å². The molecular weight excluding hydrogens is 212 g/mol. The molecule has 13 heavy (non-hydrogen) atoms. The maximum absolute atomic E-state index is 11.0. The lowest BCUT2D eigenvalue weighted by Crippen LogP contribution is -2.14. The fourth-order valence-corrected chi connectivity index (χ4v) is 1.83. The number of nitrogen functional groups attached to an aromatic ring is 1. The molecule has 0 heterocycles. The van der Waals surface area contributed by atoms with Gasteiger partial charge in [0, 0.05) is 5.02 Å². The van der Waals surface area contributed by atoms with Crippen molar-refractivity contribution in [3.8, 4) is 0 Å². The first kappa shape index (κ1) is 10.3. The first-order valence-corrected chi connectivity index (χ1v) is 5.33. The van der Waals surface area contributed by atoms with Gasteiger partial charge in [-0.15, -0.1) is 0 Å². The monoisotopic (exact) mass is 220 g/mol. The zero-order valence-electron chi connectivity index (χ0n) is 6.91.